The number of nitrogens with zero attached hydrogens (tertiary/aromatic N) is 3. The molecule has 0 saturated carbocycles. The molecular formula is C19H13N5O4S. The first-order chi connectivity index (χ1) is 14.0. The summed E-state index contributed by atoms with van der Waals surface area (Å²) in [5, 5.41) is 22.9. The van der Waals surface area contributed by atoms with Gasteiger partial charge in [0.2, 0.25) is 5.91 Å². The summed E-state index contributed by atoms with van der Waals surface area (Å²) in [4.78, 5) is 41.6. The fraction of sp³-hybridized carbons (Fsp3) is 0.0526. The van der Waals surface area contributed by atoms with Gasteiger partial charge in [0.05, 0.1) is 16.4 Å². The number of aromatic nitrogens is 2. The number of thioether (sulfide) groups is 1. The lowest BCUT2D eigenvalue weighted by Crippen LogP contribution is -2.18. The maximum atomic E-state index is 12.2. The summed E-state index contributed by atoms with van der Waals surface area (Å²) >= 11 is 0.946. The molecule has 3 rings (SSSR count). The molecule has 2 aromatic carbocycles. The molecule has 1 heterocycles. The van der Waals surface area contributed by atoms with Crippen molar-refractivity contribution in [2.45, 2.75) is 5.16 Å². The van der Waals surface area contributed by atoms with Crippen LogP contribution in [0.15, 0.2) is 64.5 Å². The van der Waals surface area contributed by atoms with Gasteiger partial charge in [-0.05, 0) is 6.07 Å². The van der Waals surface area contributed by atoms with Gasteiger partial charge in [-0.2, -0.15) is 5.26 Å². The number of rotatable bonds is 6. The van der Waals surface area contributed by atoms with Gasteiger partial charge in [0.25, 0.3) is 11.2 Å². The topological polar surface area (TPSA) is 142 Å². The van der Waals surface area contributed by atoms with Crippen LogP contribution in [0.1, 0.15) is 5.56 Å². The number of aromatic amines is 1. The Morgan fingerprint density at radius 2 is 1.90 bits per heavy atom. The highest BCUT2D eigenvalue weighted by atomic mass is 32.2. The molecule has 3 aromatic rings. The molecular weight excluding hydrogens is 394 g/mol. The summed E-state index contributed by atoms with van der Waals surface area (Å²) in [5.74, 6) is -0.646. The first-order valence-corrected chi connectivity index (χ1v) is 9.24. The third-order valence-electron chi connectivity index (χ3n) is 3.77. The van der Waals surface area contributed by atoms with Gasteiger partial charge in [0.15, 0.2) is 5.16 Å². The van der Waals surface area contributed by atoms with Crippen molar-refractivity contribution in [3.63, 3.8) is 0 Å². The van der Waals surface area contributed by atoms with Gasteiger partial charge in [-0.3, -0.25) is 19.7 Å². The zero-order valence-corrected chi connectivity index (χ0v) is 15.6. The number of nitro benzene ring substituents is 1. The minimum absolute atomic E-state index is 0.0781. The Kier molecular flexibility index (Phi) is 6.01. The molecule has 144 valence electrons. The molecule has 2 N–H and O–H groups in total. The number of amides is 1. The van der Waals surface area contributed by atoms with Gasteiger partial charge in [-0.15, -0.1) is 0 Å². The van der Waals surface area contributed by atoms with Gasteiger partial charge >= 0.3 is 0 Å². The quantitative estimate of drug-likeness (QED) is 0.277. The van der Waals surface area contributed by atoms with Crippen LogP contribution in [0.25, 0.3) is 11.3 Å². The molecule has 0 bridgehead atoms. The Hall–Kier alpha value is -3.97. The predicted molar refractivity (Wildman–Crippen MR) is 107 cm³/mol. The molecule has 0 aliphatic carbocycles. The Balaban J connectivity index is 1.79. The standard InChI is InChI=1S/C19H13N5O4S/c20-10-13-17(12-6-2-1-3-7-12)22-19(23-18(13)26)29-11-16(25)21-14-8-4-5-9-15(14)24(27)28/h1-9H,11H2,(H,21,25)(H,22,23,26). The average Bonchev–Trinajstić information content (AvgIpc) is 2.72. The highest BCUT2D eigenvalue weighted by Crippen LogP contribution is 2.24. The second-order valence-corrected chi connectivity index (χ2v) is 6.65. The summed E-state index contributed by atoms with van der Waals surface area (Å²) in [7, 11) is 0. The number of hydrogen-bond acceptors (Lipinski definition) is 7. The lowest BCUT2D eigenvalue weighted by Gasteiger charge is -2.07. The first kappa shape index (κ1) is 19.8. The largest absolute Gasteiger partial charge is 0.320 e. The van der Waals surface area contributed by atoms with E-state index in [-0.39, 0.29) is 33.5 Å². The number of carbonyl (C=O) groups is 1. The molecule has 29 heavy (non-hydrogen) atoms. The van der Waals surface area contributed by atoms with Crippen LogP contribution in [0.3, 0.4) is 0 Å². The summed E-state index contributed by atoms with van der Waals surface area (Å²) in [5.41, 5.74) is -0.0517. The minimum atomic E-state index is -0.608. The maximum absolute atomic E-state index is 12.2. The summed E-state index contributed by atoms with van der Waals surface area (Å²) in [6.07, 6.45) is 0. The van der Waals surface area contributed by atoms with Gasteiger partial charge in [0.1, 0.15) is 17.3 Å². The maximum Gasteiger partial charge on any atom is 0.292 e. The highest BCUT2D eigenvalue weighted by molar-refractivity contribution is 7.99. The van der Waals surface area contributed by atoms with E-state index in [1.807, 2.05) is 6.07 Å². The number of nitrogens with one attached hydrogen (secondary N) is 2. The van der Waals surface area contributed by atoms with Gasteiger partial charge in [0, 0.05) is 11.6 Å². The SMILES string of the molecule is N#Cc1c(-c2ccccc2)nc(SCC(=O)Nc2ccccc2[N+](=O)[O-])[nH]c1=O. The molecule has 1 aromatic heterocycles. The second kappa shape index (κ2) is 8.81. The van der Waals surface area contributed by atoms with Crippen LogP contribution in [0.2, 0.25) is 0 Å². The van der Waals surface area contributed by atoms with Crippen molar-refractivity contribution in [3.8, 4) is 17.3 Å². The molecule has 0 aliphatic rings. The van der Waals surface area contributed by atoms with Crippen molar-refractivity contribution in [2.75, 3.05) is 11.1 Å². The van der Waals surface area contributed by atoms with E-state index >= 15 is 0 Å². The van der Waals surface area contributed by atoms with Gasteiger partial charge < -0.3 is 10.3 Å². The van der Waals surface area contributed by atoms with E-state index in [1.165, 1.54) is 18.2 Å². The lowest BCUT2D eigenvalue weighted by atomic mass is 10.1. The Labute approximate surface area is 168 Å². The average molecular weight is 407 g/mol. The molecule has 0 saturated heterocycles. The third kappa shape index (κ3) is 4.66. The Morgan fingerprint density at radius 3 is 2.59 bits per heavy atom. The zero-order chi connectivity index (χ0) is 20.8. The normalized spacial score (nSPS) is 10.2. The van der Waals surface area contributed by atoms with E-state index in [9.17, 15) is 25.0 Å². The second-order valence-electron chi connectivity index (χ2n) is 5.68. The van der Waals surface area contributed by atoms with Crippen molar-refractivity contribution in [2.24, 2.45) is 0 Å². The smallest absolute Gasteiger partial charge is 0.292 e. The number of anilines is 1. The van der Waals surface area contributed by atoms with E-state index < -0.39 is 16.4 Å². The van der Waals surface area contributed by atoms with Gasteiger partial charge in [-0.1, -0.05) is 54.2 Å². The third-order valence-corrected chi connectivity index (χ3v) is 4.64. The Morgan fingerprint density at radius 1 is 1.21 bits per heavy atom. The fourth-order valence-corrected chi connectivity index (χ4v) is 3.15. The van der Waals surface area contributed by atoms with E-state index in [2.05, 4.69) is 15.3 Å². The van der Waals surface area contributed by atoms with Crippen LogP contribution in [-0.4, -0.2) is 26.6 Å². The summed E-state index contributed by atoms with van der Waals surface area (Å²) in [6.45, 7) is 0. The predicted octanol–water partition coefficient (Wildman–Crippen LogP) is 2.95. The fourth-order valence-electron chi connectivity index (χ4n) is 2.49. The van der Waals surface area contributed by atoms with Crippen LogP contribution in [0.4, 0.5) is 11.4 Å². The number of nitriles is 1. The van der Waals surface area contributed by atoms with E-state index in [0.29, 0.717) is 5.56 Å². The number of hydrogen-bond donors (Lipinski definition) is 2. The van der Waals surface area contributed by atoms with Crippen molar-refractivity contribution in [1.82, 2.24) is 9.97 Å². The minimum Gasteiger partial charge on any atom is -0.320 e. The summed E-state index contributed by atoms with van der Waals surface area (Å²) in [6, 6.07) is 16.4. The van der Waals surface area contributed by atoms with Crippen LogP contribution in [0.5, 0.6) is 0 Å². The highest BCUT2D eigenvalue weighted by Gasteiger charge is 2.17. The van der Waals surface area contributed by atoms with E-state index in [0.717, 1.165) is 11.8 Å². The van der Waals surface area contributed by atoms with Crippen LogP contribution < -0.4 is 10.9 Å². The summed E-state index contributed by atoms with van der Waals surface area (Å²) < 4.78 is 0. The molecule has 0 fully saturated rings. The molecule has 1 amide bonds. The van der Waals surface area contributed by atoms with Crippen molar-refractivity contribution in [3.05, 3.63) is 80.6 Å². The molecule has 0 spiro atoms. The van der Waals surface area contributed by atoms with E-state index in [4.69, 9.17) is 0 Å². The van der Waals surface area contributed by atoms with Crippen molar-refractivity contribution < 1.29 is 9.72 Å². The molecule has 9 nitrogen and oxygen atoms in total. The number of para-hydroxylation sites is 2. The molecule has 0 unspecified atom stereocenters. The molecule has 10 heteroatoms. The number of nitro groups is 1. The van der Waals surface area contributed by atoms with E-state index in [1.54, 1.807) is 36.4 Å². The molecule has 0 aliphatic heterocycles. The van der Waals surface area contributed by atoms with Crippen LogP contribution in [-0.2, 0) is 4.79 Å². The number of benzene rings is 2. The molecule has 0 radical (unpaired) electrons. The number of carbonyl (C=O) groups excluding carboxylic acids is 1. The monoisotopic (exact) mass is 407 g/mol. The molecule has 0 atom stereocenters. The van der Waals surface area contributed by atoms with Crippen molar-refractivity contribution >= 4 is 29.0 Å². The number of H-pyrrole nitrogens is 1. The lowest BCUT2D eigenvalue weighted by molar-refractivity contribution is -0.383. The zero-order valence-electron chi connectivity index (χ0n) is 14.8. The Bertz CT molecular complexity index is 1170. The van der Waals surface area contributed by atoms with Crippen LogP contribution in [0, 0.1) is 21.4 Å². The first-order valence-electron chi connectivity index (χ1n) is 8.25. The van der Waals surface area contributed by atoms with Crippen LogP contribution >= 0.6 is 11.8 Å². The van der Waals surface area contributed by atoms with Gasteiger partial charge in [-0.25, -0.2) is 4.98 Å². The van der Waals surface area contributed by atoms with Crippen molar-refractivity contribution in [1.29, 1.82) is 5.26 Å².